The Labute approximate surface area is 427 Å². The number of benzene rings is 3. The van der Waals surface area contributed by atoms with Crippen LogP contribution in [0.25, 0.3) is 11.3 Å². The highest BCUT2D eigenvalue weighted by Crippen LogP contribution is 2.35. The third kappa shape index (κ3) is 14.6. The first-order chi connectivity index (χ1) is 33.6. The quantitative estimate of drug-likeness (QED) is 0.0404. The molecule has 1 aliphatic heterocycles. The van der Waals surface area contributed by atoms with Gasteiger partial charge in [0.25, 0.3) is 0 Å². The molecule has 71 heavy (non-hydrogen) atoms. The van der Waals surface area contributed by atoms with Crippen LogP contribution in [-0.4, -0.2) is 116 Å². The van der Waals surface area contributed by atoms with E-state index < -0.39 is 53.4 Å². The van der Waals surface area contributed by atoms with Crippen molar-refractivity contribution in [3.8, 4) is 22.8 Å². The van der Waals surface area contributed by atoms with E-state index in [4.69, 9.17) is 32.7 Å². The van der Waals surface area contributed by atoms with Gasteiger partial charge in [0.05, 0.1) is 42.9 Å². The maximum absolute atomic E-state index is 14.7. The summed E-state index contributed by atoms with van der Waals surface area (Å²) in [6, 6.07) is 24.2. The summed E-state index contributed by atoms with van der Waals surface area (Å²) in [5, 5.41) is 25.2. The molecule has 17 heteroatoms. The molecule has 3 aromatic carbocycles. The summed E-state index contributed by atoms with van der Waals surface area (Å²) < 4.78 is 15.0. The minimum Gasteiger partial charge on any atom is -0.460 e. The molecule has 2 aromatic heterocycles. The lowest BCUT2D eigenvalue weighted by Crippen LogP contribution is -2.65. The predicted octanol–water partition coefficient (Wildman–Crippen LogP) is 7.47. The first-order valence-electron chi connectivity index (χ1n) is 24.0. The van der Waals surface area contributed by atoms with Crippen molar-refractivity contribution in [2.75, 3.05) is 40.8 Å². The van der Waals surface area contributed by atoms with Crippen molar-refractivity contribution in [1.82, 2.24) is 29.6 Å². The number of hydrogen-bond donors (Lipinski definition) is 3. The zero-order chi connectivity index (χ0) is 51.6. The van der Waals surface area contributed by atoms with Crippen LogP contribution in [0.4, 0.5) is 0 Å². The Bertz CT molecular complexity index is 2640. The molecular formula is C54H68Cl2N7O8+. The number of ether oxygens (including phenoxy) is 2. The molecular weight excluding hydrogens is 946 g/mol. The lowest BCUT2D eigenvalue weighted by Gasteiger charge is -2.49. The molecule has 4 atom stereocenters. The average Bonchev–Trinajstić information content (AvgIpc) is 3.68. The second-order valence-electron chi connectivity index (χ2n) is 19.9. The number of esters is 1. The van der Waals surface area contributed by atoms with E-state index in [1.165, 1.54) is 6.20 Å². The van der Waals surface area contributed by atoms with Crippen LogP contribution in [0.15, 0.2) is 97.3 Å². The SMILES string of the molecule is C[C@H](CCc1ccc(Cl)cc1Oc1ccc(-c2cnc(CN(C)C)n2C)cc1)C(=O)N[C@@H](CO)C(=O)N(C)[C@@]1(Cc2ccc(Cl)cc2)CCCN(C(=O)[C@@H](CC(=O)OC(C)(C)C)Cc2cccc[n+]2O)C1. The minimum atomic E-state index is -1.29. The lowest BCUT2D eigenvalue weighted by atomic mass is 9.80. The van der Waals surface area contributed by atoms with Crippen LogP contribution in [0.5, 0.6) is 11.5 Å². The van der Waals surface area contributed by atoms with Crippen molar-refractivity contribution in [2.45, 2.75) is 96.4 Å². The van der Waals surface area contributed by atoms with E-state index in [-0.39, 0.29) is 25.3 Å². The Morgan fingerprint density at radius 2 is 1.68 bits per heavy atom. The van der Waals surface area contributed by atoms with Gasteiger partial charge in [-0.2, -0.15) is 0 Å². The predicted molar refractivity (Wildman–Crippen MR) is 272 cm³/mol. The Hall–Kier alpha value is -6.00. The highest BCUT2D eigenvalue weighted by molar-refractivity contribution is 6.31. The molecule has 0 unspecified atom stereocenters. The number of aryl methyl sites for hydroxylation is 1. The summed E-state index contributed by atoms with van der Waals surface area (Å²) in [5.41, 5.74) is 2.32. The molecule has 1 aliphatic rings. The van der Waals surface area contributed by atoms with E-state index in [0.717, 1.165) is 39.5 Å². The second kappa shape index (κ2) is 23.9. The standard InChI is InChI=1S/C54H67Cl2N7O8/c1-36(13-16-39-17-22-42(56)30-47(39)70-44-23-18-38(19-24-44)46-32-57-48(60(46)7)33-59(5)6)50(66)58-45(34-64)52(68)61(8)54(31-37-14-20-41(55)21-15-37)25-11-26-62(35-54)51(67)40(29-49(65)71-53(2,3)4)28-43-12-9-10-27-63(43)69/h9-10,12,14-15,17-24,27,30,32,36,40,45,64H,11,13,16,25-26,28-29,31,33-35H2,1-8H3,(H-,58,66,69)/p+1/t36-,40-,45+,54-/m1/s1. The Balaban J connectivity index is 1.15. The number of pyridine rings is 1. The highest BCUT2D eigenvalue weighted by Gasteiger charge is 2.46. The first kappa shape index (κ1) is 54.3. The molecule has 0 saturated carbocycles. The summed E-state index contributed by atoms with van der Waals surface area (Å²) in [6.45, 7) is 7.54. The number of nitrogens with zero attached hydrogens (tertiary/aromatic N) is 6. The number of nitrogens with one attached hydrogen (secondary N) is 1. The maximum Gasteiger partial charge on any atom is 0.307 e. The number of aliphatic hydroxyl groups is 1. The Morgan fingerprint density at radius 1 is 0.972 bits per heavy atom. The molecule has 3 N–H and O–H groups in total. The van der Waals surface area contributed by atoms with E-state index in [2.05, 4.69) is 19.8 Å². The molecule has 3 heterocycles. The van der Waals surface area contributed by atoms with Crippen LogP contribution < -0.4 is 14.8 Å². The Kier molecular flexibility index (Phi) is 18.3. The molecule has 3 amide bonds. The third-order valence-electron chi connectivity index (χ3n) is 13.0. The van der Waals surface area contributed by atoms with E-state index in [0.29, 0.717) is 65.9 Å². The molecule has 1 fully saturated rings. The van der Waals surface area contributed by atoms with Crippen LogP contribution in [0, 0.1) is 11.8 Å². The highest BCUT2D eigenvalue weighted by atomic mass is 35.5. The van der Waals surface area contributed by atoms with Crippen LogP contribution in [0.2, 0.25) is 10.0 Å². The zero-order valence-corrected chi connectivity index (χ0v) is 43.5. The molecule has 6 rings (SSSR count). The fraction of sp³-hybridized carbons (Fsp3) is 0.444. The number of halogens is 2. The summed E-state index contributed by atoms with van der Waals surface area (Å²) in [5.74, 6) is -1.18. The van der Waals surface area contributed by atoms with Crippen molar-refractivity contribution in [3.63, 3.8) is 0 Å². The van der Waals surface area contributed by atoms with Crippen LogP contribution in [0.1, 0.15) is 76.0 Å². The molecule has 0 aliphatic carbocycles. The Morgan fingerprint density at radius 3 is 2.34 bits per heavy atom. The largest absolute Gasteiger partial charge is 0.460 e. The first-order valence-corrected chi connectivity index (χ1v) is 24.8. The number of rotatable bonds is 20. The fourth-order valence-electron chi connectivity index (χ4n) is 9.06. The lowest BCUT2D eigenvalue weighted by molar-refractivity contribution is -0.909. The third-order valence-corrected chi connectivity index (χ3v) is 13.4. The number of aromatic nitrogens is 3. The number of amides is 3. The van der Waals surface area contributed by atoms with Crippen LogP contribution >= 0.6 is 23.2 Å². The van der Waals surface area contributed by atoms with Crippen molar-refractivity contribution in [3.05, 3.63) is 130 Å². The summed E-state index contributed by atoms with van der Waals surface area (Å²) in [6.07, 6.45) is 5.31. The second-order valence-corrected chi connectivity index (χ2v) is 20.8. The van der Waals surface area contributed by atoms with Crippen molar-refractivity contribution in [2.24, 2.45) is 18.9 Å². The van der Waals surface area contributed by atoms with Crippen LogP contribution in [0.3, 0.4) is 0 Å². The zero-order valence-electron chi connectivity index (χ0n) is 42.0. The van der Waals surface area contributed by atoms with Gasteiger partial charge in [0.15, 0.2) is 0 Å². The average molecular weight is 1010 g/mol. The maximum atomic E-state index is 14.7. The van der Waals surface area contributed by atoms with Gasteiger partial charge in [-0.05, 0) is 133 Å². The van der Waals surface area contributed by atoms with E-state index in [1.54, 1.807) is 87.0 Å². The van der Waals surface area contributed by atoms with Gasteiger partial charge in [0, 0.05) is 72.0 Å². The summed E-state index contributed by atoms with van der Waals surface area (Å²) in [4.78, 5) is 66.3. The summed E-state index contributed by atoms with van der Waals surface area (Å²) in [7, 11) is 7.64. The van der Waals surface area contributed by atoms with Gasteiger partial charge < -0.3 is 39.2 Å². The number of carbonyl (C=O) groups excluding carboxylic acids is 4. The number of carbonyl (C=O) groups is 4. The molecule has 15 nitrogen and oxygen atoms in total. The summed E-state index contributed by atoms with van der Waals surface area (Å²) >= 11 is 12.7. The van der Waals surface area contributed by atoms with E-state index >= 15 is 0 Å². The van der Waals surface area contributed by atoms with E-state index in [1.807, 2.05) is 69.8 Å². The van der Waals surface area contributed by atoms with Crippen LogP contribution in [-0.2, 0) is 56.8 Å². The normalized spacial score (nSPS) is 16.3. The molecule has 5 aromatic rings. The van der Waals surface area contributed by atoms with Gasteiger partial charge in [0.2, 0.25) is 29.6 Å². The van der Waals surface area contributed by atoms with Crippen molar-refractivity contribution in [1.29, 1.82) is 0 Å². The van der Waals surface area contributed by atoms with E-state index in [9.17, 15) is 29.5 Å². The molecule has 1 saturated heterocycles. The number of imidazole rings is 1. The smallest absolute Gasteiger partial charge is 0.307 e. The number of hydrogen-bond acceptors (Lipinski definition) is 10. The number of likely N-dealkylation sites (tertiary alicyclic amines) is 1. The van der Waals surface area contributed by atoms with Crippen molar-refractivity contribution >= 4 is 46.9 Å². The van der Waals surface area contributed by atoms with Gasteiger partial charge in [-0.3, -0.25) is 24.4 Å². The minimum absolute atomic E-state index is 0.0492. The van der Waals surface area contributed by atoms with Gasteiger partial charge >= 0.3 is 5.97 Å². The van der Waals surface area contributed by atoms with Crippen molar-refractivity contribution < 1.29 is 43.7 Å². The number of aliphatic hydroxyl groups excluding tert-OH is 1. The molecule has 380 valence electrons. The molecule has 0 bridgehead atoms. The van der Waals surface area contributed by atoms with Gasteiger partial charge in [-0.25, -0.2) is 4.98 Å². The number of piperidine rings is 1. The fourth-order valence-corrected chi connectivity index (χ4v) is 9.35. The molecule has 0 spiro atoms. The topological polar surface area (TPSA) is 171 Å². The van der Waals surface area contributed by atoms with Gasteiger partial charge in [-0.15, -0.1) is 0 Å². The van der Waals surface area contributed by atoms with Gasteiger partial charge in [0.1, 0.15) is 29.0 Å². The number of likely N-dealkylation sites (N-methyl/N-ethyl adjacent to an activating group) is 1. The monoisotopic (exact) mass is 1010 g/mol. The van der Waals surface area contributed by atoms with Gasteiger partial charge in [-0.1, -0.05) is 48.3 Å². The molecule has 0 radical (unpaired) electrons.